The van der Waals surface area contributed by atoms with Crippen LogP contribution in [0.5, 0.6) is 0 Å². The maximum atomic E-state index is 11.5. The van der Waals surface area contributed by atoms with Gasteiger partial charge in [0.2, 0.25) is 5.95 Å². The van der Waals surface area contributed by atoms with Crippen molar-refractivity contribution in [1.82, 2.24) is 9.97 Å². The second-order valence-corrected chi connectivity index (χ2v) is 6.25. The molecule has 0 saturated carbocycles. The van der Waals surface area contributed by atoms with Crippen LogP contribution in [0.4, 0.5) is 11.8 Å². The zero-order valence-corrected chi connectivity index (χ0v) is 14.0. The Hall–Kier alpha value is -2.95. The van der Waals surface area contributed by atoms with Gasteiger partial charge in [-0.25, -0.2) is 4.98 Å². The highest BCUT2D eigenvalue weighted by atomic mass is 16.1. The number of nitrogens with zero attached hydrogens (tertiary/aromatic N) is 3. The monoisotopic (exact) mass is 332 g/mol. The summed E-state index contributed by atoms with van der Waals surface area (Å²) in [7, 11) is 0. The molecule has 0 amide bonds. The largest absolute Gasteiger partial charge is 0.365 e. The molecule has 1 aliphatic heterocycles. The molecule has 0 unspecified atom stereocenters. The lowest BCUT2D eigenvalue weighted by molar-refractivity contribution is -0.119. The number of carbonyl (C=O) groups excluding carboxylic acids is 1. The smallest absolute Gasteiger partial charge is 0.227 e. The first-order valence-corrected chi connectivity index (χ1v) is 8.61. The van der Waals surface area contributed by atoms with Crippen LogP contribution < -0.4 is 10.2 Å². The number of para-hydroxylation sites is 1. The van der Waals surface area contributed by atoms with Crippen LogP contribution in [0.25, 0.3) is 10.9 Å². The van der Waals surface area contributed by atoms with Gasteiger partial charge in [0.25, 0.3) is 0 Å². The van der Waals surface area contributed by atoms with Gasteiger partial charge in [0, 0.05) is 37.9 Å². The molecule has 126 valence electrons. The molecule has 25 heavy (non-hydrogen) atoms. The van der Waals surface area contributed by atoms with Gasteiger partial charge < -0.3 is 10.2 Å². The molecule has 1 aromatic heterocycles. The van der Waals surface area contributed by atoms with Gasteiger partial charge in [0.1, 0.15) is 11.6 Å². The molecule has 0 atom stereocenters. The van der Waals surface area contributed by atoms with Gasteiger partial charge in [-0.15, -0.1) is 0 Å². The van der Waals surface area contributed by atoms with Gasteiger partial charge in [0.15, 0.2) is 0 Å². The summed E-state index contributed by atoms with van der Waals surface area (Å²) in [6.07, 6.45) is 1.14. The van der Waals surface area contributed by atoms with E-state index in [-0.39, 0.29) is 0 Å². The minimum atomic E-state index is 0.319. The van der Waals surface area contributed by atoms with E-state index < -0.39 is 0 Å². The number of piperidine rings is 1. The molecule has 0 bridgehead atoms. The number of aromatic nitrogens is 2. The fraction of sp³-hybridized carbons (Fsp3) is 0.250. The normalized spacial score (nSPS) is 14.7. The summed E-state index contributed by atoms with van der Waals surface area (Å²) in [5, 5.41) is 4.46. The molecule has 1 aliphatic rings. The van der Waals surface area contributed by atoms with Crippen molar-refractivity contribution in [3.05, 3.63) is 60.2 Å². The Balaban J connectivity index is 1.65. The molecule has 5 nitrogen and oxygen atoms in total. The van der Waals surface area contributed by atoms with Gasteiger partial charge in [0.05, 0.1) is 5.52 Å². The second kappa shape index (κ2) is 6.89. The Labute approximate surface area is 146 Å². The Morgan fingerprint density at radius 3 is 2.44 bits per heavy atom. The maximum Gasteiger partial charge on any atom is 0.227 e. The van der Waals surface area contributed by atoms with E-state index in [9.17, 15) is 4.79 Å². The van der Waals surface area contributed by atoms with Crippen LogP contribution in [0, 0.1) is 0 Å². The maximum absolute atomic E-state index is 11.5. The van der Waals surface area contributed by atoms with Crippen LogP contribution in [0.2, 0.25) is 0 Å². The third-order valence-electron chi connectivity index (χ3n) is 4.50. The fourth-order valence-corrected chi connectivity index (χ4v) is 3.08. The standard InChI is InChI=1S/C20H20N4O/c25-16-10-12-24(13-11-16)20-22-18-9-5-4-8-17(18)19(23-20)21-14-15-6-2-1-3-7-15/h1-9H,10-14H2,(H,21,22,23). The van der Waals surface area contributed by atoms with E-state index in [1.165, 1.54) is 5.56 Å². The van der Waals surface area contributed by atoms with Crippen molar-refractivity contribution in [2.24, 2.45) is 0 Å². The first kappa shape index (κ1) is 15.6. The summed E-state index contributed by atoms with van der Waals surface area (Å²) in [5.41, 5.74) is 2.12. The average molecular weight is 332 g/mol. The van der Waals surface area contributed by atoms with E-state index in [1.807, 2.05) is 42.5 Å². The summed E-state index contributed by atoms with van der Waals surface area (Å²) in [6.45, 7) is 2.09. The topological polar surface area (TPSA) is 58.1 Å². The summed E-state index contributed by atoms with van der Waals surface area (Å²) in [5.74, 6) is 1.85. The predicted molar refractivity (Wildman–Crippen MR) is 99.8 cm³/mol. The lowest BCUT2D eigenvalue weighted by Crippen LogP contribution is -2.35. The number of carbonyl (C=O) groups is 1. The van der Waals surface area contributed by atoms with Crippen LogP contribution in [-0.2, 0) is 11.3 Å². The number of ketones is 1. The van der Waals surface area contributed by atoms with Gasteiger partial charge >= 0.3 is 0 Å². The van der Waals surface area contributed by atoms with Gasteiger partial charge in [-0.3, -0.25) is 4.79 Å². The van der Waals surface area contributed by atoms with E-state index in [4.69, 9.17) is 9.97 Å². The van der Waals surface area contributed by atoms with Crippen molar-refractivity contribution < 1.29 is 4.79 Å². The van der Waals surface area contributed by atoms with Crippen LogP contribution in [-0.4, -0.2) is 28.8 Å². The molecule has 1 N–H and O–H groups in total. The van der Waals surface area contributed by atoms with Crippen LogP contribution in [0.3, 0.4) is 0 Å². The van der Waals surface area contributed by atoms with E-state index in [0.29, 0.717) is 44.2 Å². The molecule has 0 spiro atoms. The van der Waals surface area contributed by atoms with Gasteiger partial charge in [-0.05, 0) is 17.7 Å². The zero-order chi connectivity index (χ0) is 17.1. The zero-order valence-electron chi connectivity index (χ0n) is 14.0. The SMILES string of the molecule is O=C1CCN(c2nc(NCc3ccccc3)c3ccccc3n2)CC1. The number of rotatable bonds is 4. The number of anilines is 2. The van der Waals surface area contributed by atoms with Crippen molar-refractivity contribution in [3.8, 4) is 0 Å². The van der Waals surface area contributed by atoms with Crippen molar-refractivity contribution in [1.29, 1.82) is 0 Å². The summed E-state index contributed by atoms with van der Waals surface area (Å²) in [6, 6.07) is 18.3. The lowest BCUT2D eigenvalue weighted by Gasteiger charge is -2.26. The summed E-state index contributed by atoms with van der Waals surface area (Å²) < 4.78 is 0. The highest BCUT2D eigenvalue weighted by molar-refractivity contribution is 5.90. The highest BCUT2D eigenvalue weighted by Gasteiger charge is 2.19. The van der Waals surface area contributed by atoms with Crippen molar-refractivity contribution >= 4 is 28.5 Å². The van der Waals surface area contributed by atoms with Gasteiger partial charge in [-0.2, -0.15) is 4.98 Å². The molecule has 0 radical (unpaired) electrons. The highest BCUT2D eigenvalue weighted by Crippen LogP contribution is 2.25. The third kappa shape index (κ3) is 3.45. The van der Waals surface area contributed by atoms with Crippen molar-refractivity contribution in [2.45, 2.75) is 19.4 Å². The minimum absolute atomic E-state index is 0.319. The molecular weight excluding hydrogens is 312 g/mol. The van der Waals surface area contributed by atoms with E-state index in [1.54, 1.807) is 0 Å². The van der Waals surface area contributed by atoms with Crippen LogP contribution in [0.15, 0.2) is 54.6 Å². The van der Waals surface area contributed by atoms with Crippen LogP contribution in [0.1, 0.15) is 18.4 Å². The summed E-state index contributed by atoms with van der Waals surface area (Å²) in [4.78, 5) is 23.1. The summed E-state index contributed by atoms with van der Waals surface area (Å²) >= 11 is 0. The molecule has 2 aromatic carbocycles. The number of hydrogen-bond donors (Lipinski definition) is 1. The Bertz CT molecular complexity index is 885. The number of benzene rings is 2. The Morgan fingerprint density at radius 1 is 0.920 bits per heavy atom. The molecule has 3 aromatic rings. The Kier molecular flexibility index (Phi) is 4.29. The number of Topliss-reactive ketones (excluding diaryl/α,β-unsaturated/α-hetero) is 1. The minimum Gasteiger partial charge on any atom is -0.365 e. The fourth-order valence-electron chi connectivity index (χ4n) is 3.08. The third-order valence-corrected chi connectivity index (χ3v) is 4.50. The first-order chi connectivity index (χ1) is 12.3. The quantitative estimate of drug-likeness (QED) is 0.793. The molecular formula is C20H20N4O. The second-order valence-electron chi connectivity index (χ2n) is 6.25. The molecule has 2 heterocycles. The molecule has 4 rings (SSSR count). The van der Waals surface area contributed by atoms with E-state index in [2.05, 4.69) is 22.3 Å². The molecule has 1 saturated heterocycles. The molecule has 5 heteroatoms. The van der Waals surface area contributed by atoms with Crippen molar-refractivity contribution in [3.63, 3.8) is 0 Å². The number of nitrogens with one attached hydrogen (secondary N) is 1. The van der Waals surface area contributed by atoms with E-state index in [0.717, 1.165) is 16.7 Å². The number of hydrogen-bond acceptors (Lipinski definition) is 5. The molecule has 1 fully saturated rings. The first-order valence-electron chi connectivity index (χ1n) is 8.61. The van der Waals surface area contributed by atoms with Gasteiger partial charge in [-0.1, -0.05) is 42.5 Å². The van der Waals surface area contributed by atoms with Crippen LogP contribution >= 0.6 is 0 Å². The van der Waals surface area contributed by atoms with Crippen molar-refractivity contribution in [2.75, 3.05) is 23.3 Å². The van der Waals surface area contributed by atoms with E-state index >= 15 is 0 Å². The lowest BCUT2D eigenvalue weighted by atomic mass is 10.1. The Morgan fingerprint density at radius 2 is 1.64 bits per heavy atom. The predicted octanol–water partition coefficient (Wildman–Crippen LogP) is 3.41. The average Bonchev–Trinajstić information content (AvgIpc) is 2.67. The molecule has 0 aliphatic carbocycles. The number of fused-ring (bicyclic) bond motifs is 1.